The summed E-state index contributed by atoms with van der Waals surface area (Å²) in [5.74, 6) is 0. The summed E-state index contributed by atoms with van der Waals surface area (Å²) in [4.78, 5) is 2.18. The molecule has 1 saturated heterocycles. The van der Waals surface area contributed by atoms with Crippen molar-refractivity contribution in [3.05, 3.63) is 35.9 Å². The third kappa shape index (κ3) is 5.28. The topological polar surface area (TPSA) is 52.9 Å². The van der Waals surface area contributed by atoms with Gasteiger partial charge < -0.3 is 19.8 Å². The van der Waals surface area contributed by atoms with Crippen LogP contribution < -0.4 is 0 Å². The molecule has 19 heavy (non-hydrogen) atoms. The molecule has 0 amide bonds. The number of rotatable bonds is 6. The lowest BCUT2D eigenvalue weighted by molar-refractivity contribution is -0.00243. The summed E-state index contributed by atoms with van der Waals surface area (Å²) in [6, 6.07) is 9.96. The van der Waals surface area contributed by atoms with Gasteiger partial charge in [0.2, 0.25) is 0 Å². The highest BCUT2D eigenvalue weighted by atomic mass is 16.5. The van der Waals surface area contributed by atoms with E-state index < -0.39 is 6.10 Å². The Labute approximate surface area is 114 Å². The van der Waals surface area contributed by atoms with Crippen LogP contribution in [0.3, 0.4) is 0 Å². The van der Waals surface area contributed by atoms with E-state index in [4.69, 9.17) is 4.74 Å². The van der Waals surface area contributed by atoms with E-state index in [9.17, 15) is 10.2 Å². The monoisotopic (exact) mass is 265 g/mol. The smallest absolute Gasteiger partial charge is 0.0900 e. The molecule has 0 spiro atoms. The van der Waals surface area contributed by atoms with E-state index >= 15 is 0 Å². The molecule has 1 atom stereocenters. The van der Waals surface area contributed by atoms with Crippen molar-refractivity contribution < 1.29 is 14.9 Å². The minimum atomic E-state index is -0.459. The van der Waals surface area contributed by atoms with Gasteiger partial charge in [0, 0.05) is 19.6 Å². The molecule has 1 fully saturated rings. The summed E-state index contributed by atoms with van der Waals surface area (Å²) in [5.41, 5.74) is 1.12. The average Bonchev–Trinajstić information content (AvgIpc) is 2.43. The Morgan fingerprint density at radius 2 is 1.89 bits per heavy atom. The Bertz CT molecular complexity index is 350. The Balaban J connectivity index is 1.61. The Morgan fingerprint density at radius 1 is 1.21 bits per heavy atom. The van der Waals surface area contributed by atoms with Crippen LogP contribution in [0.1, 0.15) is 18.4 Å². The molecule has 106 valence electrons. The predicted octanol–water partition coefficient (Wildman–Crippen LogP) is 1.02. The lowest BCUT2D eigenvalue weighted by Crippen LogP contribution is -2.41. The van der Waals surface area contributed by atoms with Gasteiger partial charge in [-0.05, 0) is 18.4 Å². The van der Waals surface area contributed by atoms with Gasteiger partial charge in [-0.25, -0.2) is 0 Å². The van der Waals surface area contributed by atoms with E-state index in [0.717, 1.165) is 31.5 Å². The normalized spacial score (nSPS) is 19.5. The summed E-state index contributed by atoms with van der Waals surface area (Å²) in [7, 11) is 0. The summed E-state index contributed by atoms with van der Waals surface area (Å²) < 4.78 is 5.52. The number of ether oxygens (including phenoxy) is 1. The first-order chi connectivity index (χ1) is 9.24. The van der Waals surface area contributed by atoms with Crippen LogP contribution in [0.25, 0.3) is 0 Å². The van der Waals surface area contributed by atoms with Crippen molar-refractivity contribution >= 4 is 0 Å². The van der Waals surface area contributed by atoms with Crippen LogP contribution in [0.2, 0.25) is 0 Å². The molecule has 2 rings (SSSR count). The highest BCUT2D eigenvalue weighted by Crippen LogP contribution is 2.10. The number of likely N-dealkylation sites (tertiary alicyclic amines) is 1. The van der Waals surface area contributed by atoms with Gasteiger partial charge in [0.05, 0.1) is 25.4 Å². The summed E-state index contributed by atoms with van der Waals surface area (Å²) >= 11 is 0. The molecule has 1 aliphatic rings. The minimum absolute atomic E-state index is 0.164. The Morgan fingerprint density at radius 3 is 2.58 bits per heavy atom. The number of piperidine rings is 1. The van der Waals surface area contributed by atoms with E-state index in [2.05, 4.69) is 4.90 Å². The number of hydrogen-bond acceptors (Lipinski definition) is 4. The zero-order chi connectivity index (χ0) is 13.5. The third-order valence-electron chi connectivity index (χ3n) is 3.45. The molecule has 0 aromatic heterocycles. The number of aliphatic hydroxyl groups is 2. The standard InChI is InChI=1S/C15H23NO3/c17-14-6-8-16(9-7-14)10-15(18)12-19-11-13-4-2-1-3-5-13/h1-5,14-15,17-18H,6-12H2. The van der Waals surface area contributed by atoms with Crippen molar-refractivity contribution in [3.63, 3.8) is 0 Å². The van der Waals surface area contributed by atoms with Crippen molar-refractivity contribution in [2.24, 2.45) is 0 Å². The van der Waals surface area contributed by atoms with Crippen molar-refractivity contribution in [1.29, 1.82) is 0 Å². The first-order valence-electron chi connectivity index (χ1n) is 6.94. The highest BCUT2D eigenvalue weighted by molar-refractivity contribution is 5.13. The first kappa shape index (κ1) is 14.5. The molecule has 4 heteroatoms. The molecule has 0 bridgehead atoms. The van der Waals surface area contributed by atoms with Gasteiger partial charge in [0.15, 0.2) is 0 Å². The number of β-amino-alcohol motifs (C(OH)–C–C–N with tert-alkyl or cyclic N) is 1. The van der Waals surface area contributed by atoms with Gasteiger partial charge in [-0.2, -0.15) is 0 Å². The Kier molecular flexibility index (Phi) is 5.79. The van der Waals surface area contributed by atoms with Crippen LogP contribution in [0.5, 0.6) is 0 Å². The van der Waals surface area contributed by atoms with Gasteiger partial charge in [-0.1, -0.05) is 30.3 Å². The highest BCUT2D eigenvalue weighted by Gasteiger charge is 2.19. The fraction of sp³-hybridized carbons (Fsp3) is 0.600. The zero-order valence-electron chi connectivity index (χ0n) is 11.2. The second-order valence-corrected chi connectivity index (χ2v) is 5.19. The van der Waals surface area contributed by atoms with Crippen LogP contribution in [-0.4, -0.2) is 53.6 Å². The van der Waals surface area contributed by atoms with Crippen molar-refractivity contribution in [1.82, 2.24) is 4.90 Å². The van der Waals surface area contributed by atoms with Crippen LogP contribution in [0.4, 0.5) is 0 Å². The van der Waals surface area contributed by atoms with E-state index in [-0.39, 0.29) is 6.10 Å². The Hall–Kier alpha value is -0.940. The fourth-order valence-corrected chi connectivity index (χ4v) is 2.34. The lowest BCUT2D eigenvalue weighted by atomic mass is 10.1. The second kappa shape index (κ2) is 7.60. The maximum Gasteiger partial charge on any atom is 0.0900 e. The molecule has 1 unspecified atom stereocenters. The van der Waals surface area contributed by atoms with E-state index in [1.807, 2.05) is 30.3 Å². The van der Waals surface area contributed by atoms with Gasteiger partial charge in [-0.15, -0.1) is 0 Å². The quantitative estimate of drug-likeness (QED) is 0.806. The molecule has 0 saturated carbocycles. The second-order valence-electron chi connectivity index (χ2n) is 5.19. The SMILES string of the molecule is OC1CCN(CC(O)COCc2ccccc2)CC1. The maximum atomic E-state index is 9.92. The number of benzene rings is 1. The van der Waals surface area contributed by atoms with Crippen LogP contribution in [-0.2, 0) is 11.3 Å². The van der Waals surface area contributed by atoms with Gasteiger partial charge in [-0.3, -0.25) is 0 Å². The largest absolute Gasteiger partial charge is 0.393 e. The fourth-order valence-electron chi connectivity index (χ4n) is 2.34. The molecule has 1 aromatic rings. The first-order valence-corrected chi connectivity index (χ1v) is 6.94. The van der Waals surface area contributed by atoms with Crippen molar-refractivity contribution in [2.75, 3.05) is 26.2 Å². The van der Waals surface area contributed by atoms with Crippen LogP contribution >= 0.6 is 0 Å². The number of aliphatic hydroxyl groups excluding tert-OH is 2. The predicted molar refractivity (Wildman–Crippen MR) is 73.8 cm³/mol. The molecular formula is C15H23NO3. The molecule has 1 aliphatic heterocycles. The van der Waals surface area contributed by atoms with Crippen LogP contribution in [0, 0.1) is 0 Å². The van der Waals surface area contributed by atoms with E-state index in [1.54, 1.807) is 0 Å². The molecule has 4 nitrogen and oxygen atoms in total. The molecular weight excluding hydrogens is 242 g/mol. The van der Waals surface area contributed by atoms with Gasteiger partial charge in [0.25, 0.3) is 0 Å². The summed E-state index contributed by atoms with van der Waals surface area (Å²) in [6.45, 7) is 3.24. The van der Waals surface area contributed by atoms with Crippen molar-refractivity contribution in [3.8, 4) is 0 Å². The lowest BCUT2D eigenvalue weighted by Gasteiger charge is -2.30. The molecule has 0 radical (unpaired) electrons. The summed E-state index contributed by atoms with van der Waals surface area (Å²) in [5, 5.41) is 19.3. The van der Waals surface area contributed by atoms with E-state index in [0.29, 0.717) is 19.8 Å². The van der Waals surface area contributed by atoms with E-state index in [1.165, 1.54) is 0 Å². The number of hydrogen-bond donors (Lipinski definition) is 2. The minimum Gasteiger partial charge on any atom is -0.393 e. The van der Waals surface area contributed by atoms with Crippen molar-refractivity contribution in [2.45, 2.75) is 31.7 Å². The molecule has 1 heterocycles. The van der Waals surface area contributed by atoms with Gasteiger partial charge >= 0.3 is 0 Å². The number of nitrogens with zero attached hydrogens (tertiary/aromatic N) is 1. The molecule has 0 aliphatic carbocycles. The molecule has 2 N–H and O–H groups in total. The van der Waals surface area contributed by atoms with Crippen LogP contribution in [0.15, 0.2) is 30.3 Å². The van der Waals surface area contributed by atoms with Gasteiger partial charge in [0.1, 0.15) is 0 Å². The molecule has 1 aromatic carbocycles. The summed E-state index contributed by atoms with van der Waals surface area (Å²) in [6.07, 6.45) is 0.983. The average molecular weight is 265 g/mol. The third-order valence-corrected chi connectivity index (χ3v) is 3.45. The zero-order valence-corrected chi connectivity index (χ0v) is 11.2. The maximum absolute atomic E-state index is 9.92.